The third-order valence-corrected chi connectivity index (χ3v) is 4.96. The standard InChI is InChI=1S/C19H20N6S/c26-19(21-13-15-4-3-7-20-12-15)25-10-8-24(9-11-25)18-16-5-1-2-6-17(16)22-14-23-18/h1-7,12,14H,8-11,13H2,(H,21,26). The fraction of sp³-hybridized carbons (Fsp3) is 0.263. The molecule has 1 aliphatic rings. The van der Waals surface area contributed by atoms with E-state index in [1.165, 1.54) is 0 Å². The number of anilines is 1. The van der Waals surface area contributed by atoms with Crippen molar-refractivity contribution < 1.29 is 0 Å². The Morgan fingerprint density at radius 2 is 1.88 bits per heavy atom. The number of pyridine rings is 1. The van der Waals surface area contributed by atoms with Gasteiger partial charge in [-0.3, -0.25) is 4.98 Å². The summed E-state index contributed by atoms with van der Waals surface area (Å²) in [5.41, 5.74) is 2.11. The van der Waals surface area contributed by atoms with E-state index in [4.69, 9.17) is 12.2 Å². The van der Waals surface area contributed by atoms with E-state index in [1.54, 1.807) is 12.5 Å². The van der Waals surface area contributed by atoms with Crippen LogP contribution < -0.4 is 10.2 Å². The molecule has 7 heteroatoms. The maximum absolute atomic E-state index is 5.56. The van der Waals surface area contributed by atoms with E-state index in [0.29, 0.717) is 6.54 Å². The molecule has 3 aromatic rings. The lowest BCUT2D eigenvalue weighted by Gasteiger charge is -2.37. The maximum atomic E-state index is 5.56. The molecule has 0 bridgehead atoms. The molecule has 0 unspecified atom stereocenters. The van der Waals surface area contributed by atoms with Crippen LogP contribution in [0.25, 0.3) is 10.9 Å². The highest BCUT2D eigenvalue weighted by Crippen LogP contribution is 2.23. The normalized spacial score (nSPS) is 14.5. The van der Waals surface area contributed by atoms with Crippen LogP contribution in [-0.2, 0) is 6.54 Å². The van der Waals surface area contributed by atoms with E-state index in [9.17, 15) is 0 Å². The summed E-state index contributed by atoms with van der Waals surface area (Å²) in [4.78, 5) is 17.5. The van der Waals surface area contributed by atoms with E-state index in [2.05, 4.69) is 36.1 Å². The van der Waals surface area contributed by atoms with E-state index in [-0.39, 0.29) is 0 Å². The van der Waals surface area contributed by atoms with Crippen LogP contribution in [0, 0.1) is 0 Å². The summed E-state index contributed by atoms with van der Waals surface area (Å²) >= 11 is 5.56. The molecule has 0 atom stereocenters. The lowest BCUT2D eigenvalue weighted by atomic mass is 10.2. The number of nitrogens with one attached hydrogen (secondary N) is 1. The van der Waals surface area contributed by atoms with E-state index in [1.807, 2.05) is 36.5 Å². The van der Waals surface area contributed by atoms with Crippen molar-refractivity contribution in [2.45, 2.75) is 6.54 Å². The maximum Gasteiger partial charge on any atom is 0.169 e. The van der Waals surface area contributed by atoms with Crippen molar-refractivity contribution in [1.29, 1.82) is 0 Å². The van der Waals surface area contributed by atoms with Gasteiger partial charge in [0, 0.05) is 50.5 Å². The Kier molecular flexibility index (Phi) is 4.88. The molecule has 1 saturated heterocycles. The van der Waals surface area contributed by atoms with Crippen molar-refractivity contribution in [3.8, 4) is 0 Å². The highest BCUT2D eigenvalue weighted by atomic mass is 32.1. The molecule has 2 aromatic heterocycles. The minimum atomic E-state index is 0.698. The first-order valence-electron chi connectivity index (χ1n) is 8.67. The molecule has 1 aliphatic heterocycles. The van der Waals surface area contributed by atoms with Gasteiger partial charge in [0.2, 0.25) is 0 Å². The Morgan fingerprint density at radius 3 is 2.69 bits per heavy atom. The smallest absolute Gasteiger partial charge is 0.169 e. The van der Waals surface area contributed by atoms with Gasteiger partial charge in [-0.15, -0.1) is 0 Å². The van der Waals surface area contributed by atoms with E-state index in [0.717, 1.165) is 53.6 Å². The van der Waals surface area contributed by atoms with Gasteiger partial charge >= 0.3 is 0 Å². The first kappa shape index (κ1) is 16.7. The highest BCUT2D eigenvalue weighted by Gasteiger charge is 2.21. The average Bonchev–Trinajstić information content (AvgIpc) is 2.72. The second-order valence-electron chi connectivity index (χ2n) is 6.21. The van der Waals surface area contributed by atoms with Crippen molar-refractivity contribution in [2.24, 2.45) is 0 Å². The SMILES string of the molecule is S=C(NCc1cccnc1)N1CCN(c2ncnc3ccccc23)CC1. The van der Waals surface area contributed by atoms with Crippen LogP contribution in [0.5, 0.6) is 0 Å². The number of hydrogen-bond acceptors (Lipinski definition) is 5. The Bertz CT molecular complexity index is 887. The van der Waals surface area contributed by atoms with Gasteiger partial charge in [-0.25, -0.2) is 9.97 Å². The summed E-state index contributed by atoms with van der Waals surface area (Å²) in [6, 6.07) is 12.1. The van der Waals surface area contributed by atoms with Gasteiger partial charge in [-0.2, -0.15) is 0 Å². The predicted molar refractivity (Wildman–Crippen MR) is 107 cm³/mol. The third-order valence-electron chi connectivity index (χ3n) is 4.55. The largest absolute Gasteiger partial charge is 0.358 e. The summed E-state index contributed by atoms with van der Waals surface area (Å²) in [7, 11) is 0. The summed E-state index contributed by atoms with van der Waals surface area (Å²) in [6.07, 6.45) is 5.27. The van der Waals surface area contributed by atoms with Crippen molar-refractivity contribution in [2.75, 3.05) is 31.1 Å². The van der Waals surface area contributed by atoms with Crippen LogP contribution in [-0.4, -0.2) is 51.1 Å². The lowest BCUT2D eigenvalue weighted by molar-refractivity contribution is 0.379. The Labute approximate surface area is 157 Å². The topological polar surface area (TPSA) is 57.2 Å². The quantitative estimate of drug-likeness (QED) is 0.715. The van der Waals surface area contributed by atoms with Crippen LogP contribution in [0.3, 0.4) is 0 Å². The van der Waals surface area contributed by atoms with Gasteiger partial charge in [0.1, 0.15) is 12.1 Å². The van der Waals surface area contributed by atoms with Crippen LogP contribution >= 0.6 is 12.2 Å². The van der Waals surface area contributed by atoms with Crippen molar-refractivity contribution in [1.82, 2.24) is 25.2 Å². The number of piperazine rings is 1. The van der Waals surface area contributed by atoms with Crippen LogP contribution in [0.2, 0.25) is 0 Å². The van der Waals surface area contributed by atoms with Crippen molar-refractivity contribution in [3.05, 3.63) is 60.7 Å². The minimum absolute atomic E-state index is 0.698. The summed E-state index contributed by atoms with van der Waals surface area (Å²) in [5.74, 6) is 1.00. The molecule has 0 spiro atoms. The zero-order valence-electron chi connectivity index (χ0n) is 14.4. The average molecular weight is 364 g/mol. The number of aromatic nitrogens is 3. The van der Waals surface area contributed by atoms with Crippen LogP contribution in [0.4, 0.5) is 5.82 Å². The first-order chi connectivity index (χ1) is 12.8. The first-order valence-corrected chi connectivity index (χ1v) is 9.08. The fourth-order valence-corrected chi connectivity index (χ4v) is 3.41. The lowest BCUT2D eigenvalue weighted by Crippen LogP contribution is -2.51. The van der Waals surface area contributed by atoms with E-state index >= 15 is 0 Å². The molecule has 1 aromatic carbocycles. The van der Waals surface area contributed by atoms with Crippen LogP contribution in [0.15, 0.2) is 55.1 Å². The summed E-state index contributed by atoms with van der Waals surface area (Å²) in [5, 5.41) is 5.22. The Balaban J connectivity index is 1.37. The zero-order valence-corrected chi connectivity index (χ0v) is 15.2. The Hall–Kier alpha value is -2.80. The molecule has 132 valence electrons. The number of para-hydroxylation sites is 1. The number of thiocarbonyl (C=S) groups is 1. The molecular weight excluding hydrogens is 344 g/mol. The predicted octanol–water partition coefficient (Wildman–Crippen LogP) is 2.22. The molecule has 1 N–H and O–H groups in total. The van der Waals surface area contributed by atoms with Gasteiger partial charge < -0.3 is 15.1 Å². The monoisotopic (exact) mass is 364 g/mol. The number of nitrogens with zero attached hydrogens (tertiary/aromatic N) is 5. The molecule has 3 heterocycles. The second kappa shape index (κ2) is 7.61. The molecule has 1 fully saturated rings. The number of hydrogen-bond donors (Lipinski definition) is 1. The number of rotatable bonds is 3. The summed E-state index contributed by atoms with van der Waals surface area (Å²) < 4.78 is 0. The van der Waals surface area contributed by atoms with Gasteiger partial charge in [0.05, 0.1) is 5.52 Å². The van der Waals surface area contributed by atoms with Gasteiger partial charge in [0.25, 0.3) is 0 Å². The minimum Gasteiger partial charge on any atom is -0.358 e. The molecule has 0 aliphatic carbocycles. The molecule has 6 nitrogen and oxygen atoms in total. The van der Waals surface area contributed by atoms with Crippen LogP contribution in [0.1, 0.15) is 5.56 Å². The van der Waals surface area contributed by atoms with Crippen molar-refractivity contribution >= 4 is 34.1 Å². The van der Waals surface area contributed by atoms with Gasteiger partial charge in [0.15, 0.2) is 5.11 Å². The third kappa shape index (κ3) is 3.57. The van der Waals surface area contributed by atoms with Crippen molar-refractivity contribution in [3.63, 3.8) is 0 Å². The molecule has 4 rings (SSSR count). The fourth-order valence-electron chi connectivity index (χ4n) is 3.16. The van der Waals surface area contributed by atoms with E-state index < -0.39 is 0 Å². The Morgan fingerprint density at radius 1 is 1.04 bits per heavy atom. The molecular formula is C19H20N6S. The number of fused-ring (bicyclic) bond motifs is 1. The van der Waals surface area contributed by atoms with Gasteiger partial charge in [-0.1, -0.05) is 18.2 Å². The number of benzene rings is 1. The van der Waals surface area contributed by atoms with Gasteiger partial charge in [-0.05, 0) is 36.0 Å². The summed E-state index contributed by atoms with van der Waals surface area (Å²) in [6.45, 7) is 4.21. The molecule has 0 radical (unpaired) electrons. The zero-order chi connectivity index (χ0) is 17.8. The highest BCUT2D eigenvalue weighted by molar-refractivity contribution is 7.80. The molecule has 0 saturated carbocycles. The second-order valence-corrected chi connectivity index (χ2v) is 6.60. The molecule has 26 heavy (non-hydrogen) atoms. The molecule has 0 amide bonds.